The molecule has 98 valence electrons. The van der Waals surface area contributed by atoms with Gasteiger partial charge in [-0.1, -0.05) is 29.8 Å². The summed E-state index contributed by atoms with van der Waals surface area (Å²) < 4.78 is 5.69. The summed E-state index contributed by atoms with van der Waals surface area (Å²) in [5, 5.41) is 9.70. The fourth-order valence-electron chi connectivity index (χ4n) is 2.10. The highest BCUT2D eigenvalue weighted by atomic mass is 35.5. The van der Waals surface area contributed by atoms with E-state index in [0.717, 1.165) is 5.56 Å². The van der Waals surface area contributed by atoms with E-state index in [4.69, 9.17) is 21.4 Å². The number of benzene rings is 1. The van der Waals surface area contributed by atoms with E-state index in [0.29, 0.717) is 24.7 Å². The summed E-state index contributed by atoms with van der Waals surface area (Å²) in [4.78, 5) is 12.9. The van der Waals surface area contributed by atoms with Gasteiger partial charge in [0.2, 0.25) is 0 Å². The molecule has 0 aromatic heterocycles. The number of hydrogen-bond acceptors (Lipinski definition) is 3. The van der Waals surface area contributed by atoms with E-state index in [1.807, 2.05) is 29.2 Å². The van der Waals surface area contributed by atoms with Gasteiger partial charge in [0.25, 0.3) is 0 Å². The van der Waals surface area contributed by atoms with Gasteiger partial charge in [-0.3, -0.25) is 9.69 Å². The summed E-state index contributed by atoms with van der Waals surface area (Å²) in [6.07, 6.45) is -0.158. The first kappa shape index (κ1) is 13.3. The number of rotatable bonds is 3. The predicted octanol–water partition coefficient (Wildman–Crippen LogP) is 2.19. The molecule has 0 spiro atoms. The molecule has 0 radical (unpaired) electrons. The number of nitrogens with zero attached hydrogens (tertiary/aromatic N) is 1. The van der Waals surface area contributed by atoms with Gasteiger partial charge < -0.3 is 9.84 Å². The summed E-state index contributed by atoms with van der Waals surface area (Å²) in [5.41, 5.74) is 0.918. The Morgan fingerprint density at radius 3 is 2.94 bits per heavy atom. The second-order valence-corrected chi connectivity index (χ2v) is 4.80. The molecular weight excluding hydrogens is 254 g/mol. The molecule has 18 heavy (non-hydrogen) atoms. The molecule has 1 fully saturated rings. The van der Waals surface area contributed by atoms with Gasteiger partial charge in [-0.05, 0) is 13.0 Å². The van der Waals surface area contributed by atoms with Crippen molar-refractivity contribution < 1.29 is 14.6 Å². The Bertz CT molecular complexity index is 438. The van der Waals surface area contributed by atoms with Crippen LogP contribution in [0.1, 0.15) is 18.6 Å². The van der Waals surface area contributed by atoms with Gasteiger partial charge in [-0.2, -0.15) is 0 Å². The van der Waals surface area contributed by atoms with Crippen LogP contribution in [0.15, 0.2) is 24.3 Å². The van der Waals surface area contributed by atoms with Crippen molar-refractivity contribution in [2.24, 2.45) is 0 Å². The molecule has 1 aromatic carbocycles. The highest BCUT2D eigenvalue weighted by Gasteiger charge is 2.29. The second kappa shape index (κ2) is 5.69. The van der Waals surface area contributed by atoms with Gasteiger partial charge in [-0.15, -0.1) is 0 Å². The van der Waals surface area contributed by atoms with Crippen LogP contribution in [0, 0.1) is 0 Å². The number of carboxylic acid groups (broad SMARTS) is 1. The fourth-order valence-corrected chi connectivity index (χ4v) is 2.36. The molecule has 0 aliphatic carbocycles. The van der Waals surface area contributed by atoms with Crippen LogP contribution >= 0.6 is 11.6 Å². The van der Waals surface area contributed by atoms with Crippen LogP contribution in [0.5, 0.6) is 0 Å². The van der Waals surface area contributed by atoms with Crippen molar-refractivity contribution in [2.75, 3.05) is 19.7 Å². The molecule has 0 bridgehead atoms. The standard InChI is InChI=1S/C13H16ClNO3/c1-9(13(16)17)15-6-7-18-12(8-15)10-4-2-3-5-11(10)14/h2-5,9,12H,6-8H2,1H3,(H,16,17)/t9-,12-/m1/s1. The molecule has 1 aliphatic rings. The summed E-state index contributed by atoms with van der Waals surface area (Å²) in [7, 11) is 0. The molecule has 1 aliphatic heterocycles. The third-order valence-electron chi connectivity index (χ3n) is 3.26. The number of hydrogen-bond donors (Lipinski definition) is 1. The van der Waals surface area contributed by atoms with Gasteiger partial charge in [0, 0.05) is 23.7 Å². The zero-order valence-electron chi connectivity index (χ0n) is 10.2. The minimum Gasteiger partial charge on any atom is -0.480 e. The maximum atomic E-state index is 11.0. The normalized spacial score (nSPS) is 22.7. The molecule has 4 nitrogen and oxygen atoms in total. The Labute approximate surface area is 111 Å². The lowest BCUT2D eigenvalue weighted by Gasteiger charge is -2.35. The number of halogens is 1. The van der Waals surface area contributed by atoms with Crippen LogP contribution in [-0.4, -0.2) is 41.7 Å². The molecule has 0 saturated carbocycles. The molecule has 2 atom stereocenters. The Balaban J connectivity index is 2.12. The maximum Gasteiger partial charge on any atom is 0.320 e. The average molecular weight is 270 g/mol. The maximum absolute atomic E-state index is 11.0. The van der Waals surface area contributed by atoms with Gasteiger partial charge >= 0.3 is 5.97 Å². The molecule has 5 heteroatoms. The zero-order chi connectivity index (χ0) is 13.1. The minimum absolute atomic E-state index is 0.158. The van der Waals surface area contributed by atoms with Crippen molar-refractivity contribution in [3.05, 3.63) is 34.9 Å². The van der Waals surface area contributed by atoms with Gasteiger partial charge in [0.05, 0.1) is 12.7 Å². The van der Waals surface area contributed by atoms with E-state index in [-0.39, 0.29) is 6.10 Å². The SMILES string of the molecule is C[C@H](C(=O)O)N1CCO[C@@H](c2ccccc2Cl)C1. The Morgan fingerprint density at radius 2 is 2.28 bits per heavy atom. The van der Waals surface area contributed by atoms with Crippen molar-refractivity contribution in [2.45, 2.75) is 19.1 Å². The fraction of sp³-hybridized carbons (Fsp3) is 0.462. The van der Waals surface area contributed by atoms with Gasteiger partial charge in [0.1, 0.15) is 6.04 Å². The second-order valence-electron chi connectivity index (χ2n) is 4.39. The van der Waals surface area contributed by atoms with E-state index in [1.54, 1.807) is 6.92 Å². The van der Waals surface area contributed by atoms with Crippen molar-refractivity contribution in [3.8, 4) is 0 Å². The quantitative estimate of drug-likeness (QED) is 0.914. The first-order chi connectivity index (χ1) is 8.59. The molecule has 1 heterocycles. The predicted molar refractivity (Wildman–Crippen MR) is 68.8 cm³/mol. The smallest absolute Gasteiger partial charge is 0.320 e. The Hall–Kier alpha value is -1.10. The van der Waals surface area contributed by atoms with E-state index in [1.165, 1.54) is 0 Å². The van der Waals surface area contributed by atoms with Crippen LogP contribution in [0.4, 0.5) is 0 Å². The Kier molecular flexibility index (Phi) is 4.22. The number of carbonyl (C=O) groups is 1. The van der Waals surface area contributed by atoms with Crippen LogP contribution in [0.2, 0.25) is 5.02 Å². The summed E-state index contributed by atoms with van der Waals surface area (Å²) >= 11 is 6.13. The highest BCUT2D eigenvalue weighted by molar-refractivity contribution is 6.31. The lowest BCUT2D eigenvalue weighted by atomic mass is 10.1. The van der Waals surface area contributed by atoms with Gasteiger partial charge in [0.15, 0.2) is 0 Å². The van der Waals surface area contributed by atoms with Crippen LogP contribution in [0.25, 0.3) is 0 Å². The number of aliphatic carboxylic acids is 1. The average Bonchev–Trinajstić information content (AvgIpc) is 2.38. The van der Waals surface area contributed by atoms with Crippen molar-refractivity contribution in [1.29, 1.82) is 0 Å². The van der Waals surface area contributed by atoms with Crippen molar-refractivity contribution in [3.63, 3.8) is 0 Å². The summed E-state index contributed by atoms with van der Waals surface area (Å²) in [6.45, 7) is 3.40. The van der Waals surface area contributed by atoms with Crippen LogP contribution in [-0.2, 0) is 9.53 Å². The van der Waals surface area contributed by atoms with Crippen LogP contribution in [0.3, 0.4) is 0 Å². The number of ether oxygens (including phenoxy) is 1. The number of carboxylic acids is 1. The largest absolute Gasteiger partial charge is 0.480 e. The van der Waals surface area contributed by atoms with Crippen LogP contribution < -0.4 is 0 Å². The van der Waals surface area contributed by atoms with Gasteiger partial charge in [-0.25, -0.2) is 0 Å². The van der Waals surface area contributed by atoms with E-state index >= 15 is 0 Å². The molecule has 0 unspecified atom stereocenters. The lowest BCUT2D eigenvalue weighted by Crippen LogP contribution is -2.46. The minimum atomic E-state index is -0.810. The van der Waals surface area contributed by atoms with E-state index in [9.17, 15) is 4.79 Å². The first-order valence-electron chi connectivity index (χ1n) is 5.92. The molecule has 0 amide bonds. The molecule has 2 rings (SSSR count). The molecule has 1 aromatic rings. The lowest BCUT2D eigenvalue weighted by molar-refractivity contribution is -0.145. The topological polar surface area (TPSA) is 49.8 Å². The zero-order valence-corrected chi connectivity index (χ0v) is 10.9. The van der Waals surface area contributed by atoms with E-state index in [2.05, 4.69) is 0 Å². The molecular formula is C13H16ClNO3. The summed E-state index contributed by atoms with van der Waals surface area (Å²) in [5.74, 6) is -0.810. The third-order valence-corrected chi connectivity index (χ3v) is 3.60. The monoisotopic (exact) mass is 269 g/mol. The van der Waals surface area contributed by atoms with Crippen molar-refractivity contribution >= 4 is 17.6 Å². The molecule has 1 saturated heterocycles. The first-order valence-corrected chi connectivity index (χ1v) is 6.30. The van der Waals surface area contributed by atoms with Crippen molar-refractivity contribution in [1.82, 2.24) is 4.90 Å². The molecule has 1 N–H and O–H groups in total. The van der Waals surface area contributed by atoms with E-state index < -0.39 is 12.0 Å². The third kappa shape index (κ3) is 2.83. The number of morpholine rings is 1. The summed E-state index contributed by atoms with van der Waals surface area (Å²) in [6, 6.07) is 7.01. The highest BCUT2D eigenvalue weighted by Crippen LogP contribution is 2.28. The Morgan fingerprint density at radius 1 is 1.56 bits per heavy atom.